The van der Waals surface area contributed by atoms with Crippen LogP contribution in [0.15, 0.2) is 54.6 Å². The highest BCUT2D eigenvalue weighted by atomic mass is 16.5. The van der Waals surface area contributed by atoms with Gasteiger partial charge in [0, 0.05) is 45.2 Å². The molecule has 0 unspecified atom stereocenters. The molecule has 1 spiro atoms. The van der Waals surface area contributed by atoms with Crippen molar-refractivity contribution in [3.8, 4) is 0 Å². The summed E-state index contributed by atoms with van der Waals surface area (Å²) in [5.41, 5.74) is 3.25. The van der Waals surface area contributed by atoms with Crippen molar-refractivity contribution in [1.29, 1.82) is 0 Å². The van der Waals surface area contributed by atoms with Gasteiger partial charge in [-0.2, -0.15) is 0 Å². The van der Waals surface area contributed by atoms with Crippen LogP contribution in [0.4, 0.5) is 4.79 Å². The first-order valence-electron chi connectivity index (χ1n) is 14.8. The first kappa shape index (κ1) is 29.1. The third-order valence-electron chi connectivity index (χ3n) is 8.91. The molecule has 2 fully saturated rings. The van der Waals surface area contributed by atoms with Crippen LogP contribution in [0.2, 0.25) is 0 Å². The highest BCUT2D eigenvalue weighted by Crippen LogP contribution is 2.52. The van der Waals surface area contributed by atoms with Gasteiger partial charge in [-0.25, -0.2) is 4.79 Å². The molecule has 220 valence electrons. The Hall–Kier alpha value is -3.43. The molecular weight excluding hydrogens is 518 g/mol. The van der Waals surface area contributed by atoms with Gasteiger partial charge in [0.2, 0.25) is 11.8 Å². The molecule has 0 radical (unpaired) electrons. The third-order valence-corrected chi connectivity index (χ3v) is 8.91. The predicted octanol–water partition coefficient (Wildman–Crippen LogP) is 2.76. The van der Waals surface area contributed by atoms with Crippen molar-refractivity contribution in [3.63, 3.8) is 0 Å². The first-order chi connectivity index (χ1) is 19.9. The molecule has 4 amide bonds. The van der Waals surface area contributed by atoms with E-state index >= 15 is 0 Å². The first-order valence-corrected chi connectivity index (χ1v) is 14.8. The fourth-order valence-corrected chi connectivity index (χ4v) is 6.68. The molecule has 9 heteroatoms. The fraction of sp³-hybridized carbons (Fsp3) is 0.531. The molecule has 2 aromatic rings. The van der Waals surface area contributed by atoms with E-state index in [1.54, 1.807) is 4.90 Å². The molecule has 2 aromatic carbocycles. The van der Waals surface area contributed by atoms with E-state index in [2.05, 4.69) is 28.1 Å². The van der Waals surface area contributed by atoms with Gasteiger partial charge in [0.15, 0.2) is 0 Å². The molecular formula is C32H43N5O4. The summed E-state index contributed by atoms with van der Waals surface area (Å²) < 4.78 is 5.94. The van der Waals surface area contributed by atoms with E-state index in [1.165, 1.54) is 5.56 Å². The summed E-state index contributed by atoms with van der Waals surface area (Å²) in [6.07, 6.45) is 4.25. The fourth-order valence-electron chi connectivity index (χ4n) is 6.68. The standard InChI is InChI=1S/C32H43N5O4/c1-36(2)29(38)26-19-32(27-13-7-6-12-25(26)27)14-17-37(18-15-32)30(39)28(22-41-21-23-9-4-3-5-10-23)35-31(40)34-24-11-8-16-33-20-24/h3-7,9-10,12-13,24,26,28,33H,8,11,14-22H2,1-2H3,(H2,34,35,40)/t24-,26-,28-/m1/s1. The minimum atomic E-state index is -0.789. The van der Waals surface area contributed by atoms with Crippen LogP contribution in [-0.4, -0.2) is 86.6 Å². The summed E-state index contributed by atoms with van der Waals surface area (Å²) in [5, 5.41) is 9.23. The third kappa shape index (κ3) is 6.73. The summed E-state index contributed by atoms with van der Waals surface area (Å²) in [6, 6.07) is 17.0. The Morgan fingerprint density at radius 2 is 1.80 bits per heavy atom. The molecule has 41 heavy (non-hydrogen) atoms. The Kier molecular flexibility index (Phi) is 9.25. The number of hydrogen-bond donors (Lipinski definition) is 3. The zero-order valence-corrected chi connectivity index (χ0v) is 24.2. The Morgan fingerprint density at radius 1 is 1.07 bits per heavy atom. The van der Waals surface area contributed by atoms with Crippen LogP contribution in [0.5, 0.6) is 0 Å². The number of likely N-dealkylation sites (N-methyl/N-ethyl adjacent to an activating group) is 1. The van der Waals surface area contributed by atoms with Gasteiger partial charge >= 0.3 is 6.03 Å². The minimum Gasteiger partial charge on any atom is -0.374 e. The number of nitrogens with one attached hydrogen (secondary N) is 3. The number of urea groups is 1. The van der Waals surface area contributed by atoms with Crippen molar-refractivity contribution in [1.82, 2.24) is 25.8 Å². The van der Waals surface area contributed by atoms with Crippen molar-refractivity contribution < 1.29 is 19.1 Å². The monoisotopic (exact) mass is 561 g/mol. The van der Waals surface area contributed by atoms with Crippen LogP contribution < -0.4 is 16.0 Å². The maximum atomic E-state index is 13.8. The predicted molar refractivity (Wildman–Crippen MR) is 157 cm³/mol. The number of benzene rings is 2. The average molecular weight is 562 g/mol. The van der Waals surface area contributed by atoms with Gasteiger partial charge < -0.3 is 30.5 Å². The quantitative estimate of drug-likeness (QED) is 0.460. The molecule has 1 aliphatic carbocycles. The highest BCUT2D eigenvalue weighted by molar-refractivity contribution is 5.88. The summed E-state index contributed by atoms with van der Waals surface area (Å²) in [6.45, 7) is 3.28. The second-order valence-electron chi connectivity index (χ2n) is 11.9. The van der Waals surface area contributed by atoms with E-state index in [-0.39, 0.29) is 41.8 Å². The van der Waals surface area contributed by atoms with Crippen molar-refractivity contribution in [3.05, 3.63) is 71.3 Å². The van der Waals surface area contributed by atoms with E-state index in [0.717, 1.165) is 56.3 Å². The van der Waals surface area contributed by atoms with Crippen LogP contribution in [-0.2, 0) is 26.3 Å². The summed E-state index contributed by atoms with van der Waals surface area (Å²) >= 11 is 0. The SMILES string of the molecule is CN(C)C(=O)[C@@H]1CC2(CCN(C(=O)[C@@H](COCc3ccccc3)NC(=O)N[C@@H]3CCCNC3)CC2)c2ccccc21. The van der Waals surface area contributed by atoms with E-state index < -0.39 is 6.04 Å². The summed E-state index contributed by atoms with van der Waals surface area (Å²) in [5.74, 6) is -0.147. The largest absolute Gasteiger partial charge is 0.374 e. The molecule has 2 heterocycles. The van der Waals surface area contributed by atoms with Crippen LogP contribution >= 0.6 is 0 Å². The second kappa shape index (κ2) is 13.0. The molecule has 0 bridgehead atoms. The molecule has 2 saturated heterocycles. The molecule has 2 aliphatic heterocycles. The van der Waals surface area contributed by atoms with Crippen molar-refractivity contribution in [2.75, 3.05) is 46.9 Å². The number of fused-ring (bicyclic) bond motifs is 2. The second-order valence-corrected chi connectivity index (χ2v) is 11.9. The molecule has 3 N–H and O–H groups in total. The lowest BCUT2D eigenvalue weighted by atomic mass is 9.73. The van der Waals surface area contributed by atoms with Gasteiger partial charge in [-0.05, 0) is 55.3 Å². The molecule has 0 aromatic heterocycles. The van der Waals surface area contributed by atoms with Gasteiger partial charge in [0.1, 0.15) is 6.04 Å². The average Bonchev–Trinajstić information content (AvgIpc) is 3.31. The van der Waals surface area contributed by atoms with Crippen molar-refractivity contribution in [2.45, 2.75) is 62.1 Å². The van der Waals surface area contributed by atoms with E-state index in [9.17, 15) is 14.4 Å². The lowest BCUT2D eigenvalue weighted by Crippen LogP contribution is -2.57. The van der Waals surface area contributed by atoms with E-state index in [1.807, 2.05) is 61.5 Å². The van der Waals surface area contributed by atoms with Gasteiger partial charge in [-0.1, -0.05) is 54.6 Å². The van der Waals surface area contributed by atoms with Crippen LogP contribution in [0.1, 0.15) is 54.7 Å². The number of carbonyl (C=O) groups is 3. The number of piperidine rings is 2. The molecule has 3 aliphatic rings. The molecule has 5 rings (SSSR count). The number of nitrogens with zero attached hydrogens (tertiary/aromatic N) is 2. The maximum Gasteiger partial charge on any atom is 0.315 e. The lowest BCUT2D eigenvalue weighted by molar-refractivity contribution is -0.137. The summed E-state index contributed by atoms with van der Waals surface area (Å²) in [4.78, 5) is 43.3. The van der Waals surface area contributed by atoms with Crippen LogP contribution in [0, 0.1) is 0 Å². The number of rotatable bonds is 8. The Bertz CT molecular complexity index is 1210. The summed E-state index contributed by atoms with van der Waals surface area (Å²) in [7, 11) is 3.62. The zero-order chi connectivity index (χ0) is 28.8. The topological polar surface area (TPSA) is 103 Å². The number of ether oxygens (including phenoxy) is 1. The number of amides is 4. The highest BCUT2D eigenvalue weighted by Gasteiger charge is 2.48. The van der Waals surface area contributed by atoms with Gasteiger partial charge in [0.25, 0.3) is 0 Å². The number of likely N-dealkylation sites (tertiary alicyclic amines) is 1. The van der Waals surface area contributed by atoms with Crippen molar-refractivity contribution >= 4 is 17.8 Å². The smallest absolute Gasteiger partial charge is 0.315 e. The van der Waals surface area contributed by atoms with Gasteiger partial charge in [-0.15, -0.1) is 0 Å². The normalized spacial score (nSPS) is 22.0. The van der Waals surface area contributed by atoms with Gasteiger partial charge in [0.05, 0.1) is 19.1 Å². The van der Waals surface area contributed by atoms with Crippen LogP contribution in [0.3, 0.4) is 0 Å². The van der Waals surface area contributed by atoms with Crippen molar-refractivity contribution in [2.24, 2.45) is 0 Å². The Morgan fingerprint density at radius 3 is 2.51 bits per heavy atom. The zero-order valence-electron chi connectivity index (χ0n) is 24.2. The molecule has 9 nitrogen and oxygen atoms in total. The maximum absolute atomic E-state index is 13.8. The van der Waals surface area contributed by atoms with E-state index in [4.69, 9.17) is 4.74 Å². The Balaban J connectivity index is 1.24. The minimum absolute atomic E-state index is 0.0415. The molecule has 3 atom stereocenters. The van der Waals surface area contributed by atoms with Gasteiger partial charge in [-0.3, -0.25) is 9.59 Å². The van der Waals surface area contributed by atoms with Crippen LogP contribution in [0.25, 0.3) is 0 Å². The number of hydrogen-bond acceptors (Lipinski definition) is 5. The van der Waals surface area contributed by atoms with E-state index in [0.29, 0.717) is 19.7 Å². The Labute approximate surface area is 243 Å². The lowest BCUT2D eigenvalue weighted by Gasteiger charge is -2.41. The number of carbonyl (C=O) groups excluding carboxylic acids is 3. The molecule has 0 saturated carbocycles.